The quantitative estimate of drug-likeness (QED) is 0.187. The van der Waals surface area contributed by atoms with Crippen molar-refractivity contribution < 1.29 is 9.47 Å². The number of methoxy groups -OCH3 is 1. The Hall–Kier alpha value is -0.600. The molecular weight excluding hydrogens is 284 g/mol. The van der Waals surface area contributed by atoms with E-state index in [1.807, 2.05) is 0 Å². The van der Waals surface area contributed by atoms with Gasteiger partial charge in [0.2, 0.25) is 0 Å². The molecule has 0 N–H and O–H groups in total. The maximum atomic E-state index is 5.82. The van der Waals surface area contributed by atoms with E-state index in [-0.39, 0.29) is 6.29 Å². The monoisotopic (exact) mass is 324 g/mol. The van der Waals surface area contributed by atoms with Crippen LogP contribution >= 0.6 is 0 Å². The van der Waals surface area contributed by atoms with Crippen LogP contribution in [0.1, 0.15) is 91.9 Å². The second kappa shape index (κ2) is 16.3. The van der Waals surface area contributed by atoms with Gasteiger partial charge in [-0.3, -0.25) is 0 Å². The first kappa shape index (κ1) is 22.4. The molecule has 0 aliphatic carbocycles. The first-order valence-electron chi connectivity index (χ1n) is 9.53. The summed E-state index contributed by atoms with van der Waals surface area (Å²) in [7, 11) is 1.75. The van der Waals surface area contributed by atoms with Crippen LogP contribution in [0.2, 0.25) is 0 Å². The minimum Gasteiger partial charge on any atom is -0.356 e. The lowest BCUT2D eigenvalue weighted by Gasteiger charge is -2.15. The lowest BCUT2D eigenvalue weighted by atomic mass is 10.1. The number of hydrogen-bond donors (Lipinski definition) is 0. The molecule has 0 aliphatic heterocycles. The normalized spacial score (nSPS) is 13.2. The Balaban J connectivity index is 3.69. The molecule has 0 saturated heterocycles. The molecule has 1 atom stereocenters. The highest BCUT2D eigenvalue weighted by atomic mass is 16.7. The average molecular weight is 325 g/mol. The summed E-state index contributed by atoms with van der Waals surface area (Å²) in [6.45, 7) is 9.40. The maximum Gasteiger partial charge on any atom is 0.157 e. The molecule has 0 rings (SSSR count). The largest absolute Gasteiger partial charge is 0.356 e. The van der Waals surface area contributed by atoms with Gasteiger partial charge in [0.05, 0.1) is 6.61 Å². The van der Waals surface area contributed by atoms with Gasteiger partial charge in [-0.25, -0.2) is 0 Å². The summed E-state index contributed by atoms with van der Waals surface area (Å²) in [5.74, 6) is 0. The van der Waals surface area contributed by atoms with Gasteiger partial charge >= 0.3 is 0 Å². The zero-order valence-electron chi connectivity index (χ0n) is 16.3. The Labute approximate surface area is 145 Å². The minimum absolute atomic E-state index is 0.0486. The van der Waals surface area contributed by atoms with Crippen molar-refractivity contribution in [3.05, 3.63) is 23.3 Å². The van der Waals surface area contributed by atoms with Crippen LogP contribution in [0.4, 0.5) is 0 Å². The topological polar surface area (TPSA) is 18.5 Å². The van der Waals surface area contributed by atoms with Gasteiger partial charge in [0, 0.05) is 7.11 Å². The van der Waals surface area contributed by atoms with Crippen molar-refractivity contribution in [1.82, 2.24) is 0 Å². The Bertz CT molecular complexity index is 314. The van der Waals surface area contributed by atoms with E-state index in [2.05, 4.69) is 39.8 Å². The highest BCUT2D eigenvalue weighted by Crippen LogP contribution is 2.12. The van der Waals surface area contributed by atoms with E-state index in [4.69, 9.17) is 9.47 Å². The van der Waals surface area contributed by atoms with Crippen molar-refractivity contribution >= 4 is 0 Å². The molecule has 136 valence electrons. The Kier molecular flexibility index (Phi) is 15.8. The fourth-order valence-electron chi connectivity index (χ4n) is 2.53. The molecule has 0 saturated carbocycles. The Morgan fingerprint density at radius 3 is 2.17 bits per heavy atom. The molecule has 2 nitrogen and oxygen atoms in total. The van der Waals surface area contributed by atoms with Gasteiger partial charge in [0.1, 0.15) is 0 Å². The summed E-state index contributed by atoms with van der Waals surface area (Å²) in [6, 6.07) is 0. The first-order chi connectivity index (χ1) is 11.1. The molecule has 0 radical (unpaired) electrons. The maximum absolute atomic E-state index is 5.82. The molecule has 0 bridgehead atoms. The van der Waals surface area contributed by atoms with Gasteiger partial charge in [-0.1, -0.05) is 68.7 Å². The van der Waals surface area contributed by atoms with E-state index >= 15 is 0 Å². The molecule has 0 heterocycles. The van der Waals surface area contributed by atoms with Crippen LogP contribution in [0.3, 0.4) is 0 Å². The van der Waals surface area contributed by atoms with Crippen LogP contribution < -0.4 is 0 Å². The van der Waals surface area contributed by atoms with Crippen LogP contribution in [0.5, 0.6) is 0 Å². The third-order valence-electron chi connectivity index (χ3n) is 4.11. The molecule has 0 aromatic heterocycles. The van der Waals surface area contributed by atoms with Crippen LogP contribution in [-0.4, -0.2) is 20.0 Å². The van der Waals surface area contributed by atoms with Crippen molar-refractivity contribution in [3.63, 3.8) is 0 Å². The van der Waals surface area contributed by atoms with Crippen LogP contribution in [0.15, 0.2) is 23.3 Å². The van der Waals surface area contributed by atoms with Gasteiger partial charge in [0.15, 0.2) is 6.29 Å². The summed E-state index contributed by atoms with van der Waals surface area (Å²) in [5, 5.41) is 0. The fraction of sp³-hybridized carbons (Fsp3) is 0.810. The number of ether oxygens (including phenoxy) is 2. The van der Waals surface area contributed by atoms with E-state index < -0.39 is 0 Å². The SMILES string of the molecule is CCCCCCCCCC(OC)OC/C=C(\C)CCC=C(C)C. The van der Waals surface area contributed by atoms with Crippen molar-refractivity contribution in [3.8, 4) is 0 Å². The fourth-order valence-corrected chi connectivity index (χ4v) is 2.53. The molecule has 0 aliphatic rings. The summed E-state index contributed by atoms with van der Waals surface area (Å²) in [5.41, 5.74) is 2.79. The summed E-state index contributed by atoms with van der Waals surface area (Å²) in [6.07, 6.45) is 17.0. The van der Waals surface area contributed by atoms with E-state index in [1.165, 1.54) is 56.1 Å². The van der Waals surface area contributed by atoms with Crippen LogP contribution in [0, 0.1) is 0 Å². The van der Waals surface area contributed by atoms with Crippen molar-refractivity contribution in [2.75, 3.05) is 13.7 Å². The van der Waals surface area contributed by atoms with Gasteiger partial charge in [-0.15, -0.1) is 0 Å². The van der Waals surface area contributed by atoms with Crippen LogP contribution in [-0.2, 0) is 9.47 Å². The molecular formula is C21H40O2. The van der Waals surface area contributed by atoms with Gasteiger partial charge in [-0.2, -0.15) is 0 Å². The zero-order valence-corrected chi connectivity index (χ0v) is 16.3. The Morgan fingerprint density at radius 1 is 0.913 bits per heavy atom. The van der Waals surface area contributed by atoms with E-state index in [0.29, 0.717) is 6.61 Å². The minimum atomic E-state index is -0.0486. The lowest BCUT2D eigenvalue weighted by Crippen LogP contribution is -2.15. The zero-order chi connectivity index (χ0) is 17.3. The van der Waals surface area contributed by atoms with Crippen molar-refractivity contribution in [2.24, 2.45) is 0 Å². The van der Waals surface area contributed by atoms with Gasteiger partial charge < -0.3 is 9.47 Å². The highest BCUT2D eigenvalue weighted by molar-refractivity contribution is 5.02. The van der Waals surface area contributed by atoms with E-state index in [0.717, 1.165) is 19.3 Å². The summed E-state index contributed by atoms with van der Waals surface area (Å²) in [4.78, 5) is 0. The molecule has 0 amide bonds. The molecule has 0 aromatic carbocycles. The van der Waals surface area contributed by atoms with Crippen molar-refractivity contribution in [1.29, 1.82) is 0 Å². The third-order valence-corrected chi connectivity index (χ3v) is 4.11. The number of rotatable bonds is 15. The lowest BCUT2D eigenvalue weighted by molar-refractivity contribution is -0.119. The van der Waals surface area contributed by atoms with Crippen molar-refractivity contribution in [2.45, 2.75) is 98.2 Å². The average Bonchev–Trinajstić information content (AvgIpc) is 2.51. The second-order valence-corrected chi connectivity index (χ2v) is 6.78. The van der Waals surface area contributed by atoms with E-state index in [1.54, 1.807) is 7.11 Å². The molecule has 0 spiro atoms. The van der Waals surface area contributed by atoms with E-state index in [9.17, 15) is 0 Å². The molecule has 2 heteroatoms. The standard InChI is InChI=1S/C21H40O2/c1-6-7-8-9-10-11-12-16-21(22-5)23-18-17-20(4)15-13-14-19(2)3/h14,17,21H,6-13,15-16,18H2,1-5H3/b20-17+. The number of hydrogen-bond acceptors (Lipinski definition) is 2. The second-order valence-electron chi connectivity index (χ2n) is 6.78. The smallest absolute Gasteiger partial charge is 0.157 e. The molecule has 0 aromatic rings. The first-order valence-corrected chi connectivity index (χ1v) is 9.53. The Morgan fingerprint density at radius 2 is 1.57 bits per heavy atom. The van der Waals surface area contributed by atoms with Crippen LogP contribution in [0.25, 0.3) is 0 Å². The predicted octanol–water partition coefficient (Wildman–Crippen LogP) is 6.81. The predicted molar refractivity (Wildman–Crippen MR) is 102 cm³/mol. The summed E-state index contributed by atoms with van der Waals surface area (Å²) >= 11 is 0. The summed E-state index contributed by atoms with van der Waals surface area (Å²) < 4.78 is 11.2. The molecule has 23 heavy (non-hydrogen) atoms. The number of unbranched alkanes of at least 4 members (excludes halogenated alkanes) is 6. The van der Waals surface area contributed by atoms with Gasteiger partial charge in [0.25, 0.3) is 0 Å². The molecule has 0 fully saturated rings. The number of allylic oxidation sites excluding steroid dienone is 3. The molecule has 1 unspecified atom stereocenters. The third kappa shape index (κ3) is 16.1. The highest BCUT2D eigenvalue weighted by Gasteiger charge is 2.06. The van der Waals surface area contributed by atoms with Gasteiger partial charge in [-0.05, 0) is 46.5 Å².